The van der Waals surface area contributed by atoms with E-state index in [2.05, 4.69) is 141 Å². The zero-order valence-electron chi connectivity index (χ0n) is 55.1. The Morgan fingerprint density at radius 1 is 0.429 bits per heavy atom. The average Bonchev–Trinajstić information content (AvgIpc) is 3.56. The molecule has 9 heteroatoms. The van der Waals surface area contributed by atoms with Crippen molar-refractivity contribution in [3.05, 3.63) is 134 Å². The fourth-order valence-electron chi connectivity index (χ4n) is 9.50. The van der Waals surface area contributed by atoms with Crippen LogP contribution in [-0.4, -0.2) is 68.5 Å². The van der Waals surface area contributed by atoms with Crippen LogP contribution in [0.15, 0.2) is 134 Å². The highest BCUT2D eigenvalue weighted by Gasteiger charge is 2.23. The fourth-order valence-corrected chi connectivity index (χ4v) is 10.2. The maximum Gasteiger partial charge on any atom is 0.268 e. The Labute approximate surface area is 519 Å². The summed E-state index contributed by atoms with van der Waals surface area (Å²) in [5.41, 5.74) is 0. The molecule has 0 aromatic rings. The Bertz CT molecular complexity index is 1830. The number of aliphatic hydroxyl groups excluding tert-OH is 1. The minimum atomic E-state index is -4.63. The number of hydrogen-bond acceptors (Lipinski definition) is 6. The van der Waals surface area contributed by atoms with Gasteiger partial charge in [-0.05, 0) is 109 Å². The molecule has 0 spiro atoms. The molecular weight excluding hydrogens is 1060 g/mol. The maximum absolute atomic E-state index is 13.0. The lowest BCUT2D eigenvalue weighted by atomic mass is 10.0. The molecule has 482 valence electrons. The largest absolute Gasteiger partial charge is 0.756 e. The molecule has 0 fully saturated rings. The first-order valence-electron chi connectivity index (χ1n) is 34.5. The number of allylic oxidation sites excluding steroid dienone is 21. The van der Waals surface area contributed by atoms with E-state index in [-0.39, 0.29) is 12.5 Å². The molecule has 0 saturated carbocycles. The molecule has 3 atom stereocenters. The van der Waals surface area contributed by atoms with Gasteiger partial charge in [-0.2, -0.15) is 0 Å². The molecule has 0 rings (SSSR count). The van der Waals surface area contributed by atoms with Crippen molar-refractivity contribution in [1.82, 2.24) is 5.32 Å². The van der Waals surface area contributed by atoms with Gasteiger partial charge in [0.15, 0.2) is 0 Å². The van der Waals surface area contributed by atoms with Crippen LogP contribution in [-0.2, 0) is 18.4 Å². The van der Waals surface area contributed by atoms with E-state index in [4.69, 9.17) is 9.05 Å². The van der Waals surface area contributed by atoms with Crippen molar-refractivity contribution in [1.29, 1.82) is 0 Å². The highest BCUT2D eigenvalue weighted by atomic mass is 31.2. The van der Waals surface area contributed by atoms with Gasteiger partial charge < -0.3 is 28.8 Å². The molecule has 0 aliphatic carbocycles. The Morgan fingerprint density at radius 2 is 0.738 bits per heavy atom. The first-order valence-corrected chi connectivity index (χ1v) is 36.0. The summed E-state index contributed by atoms with van der Waals surface area (Å²) in [5.74, 6) is -0.229. The number of rotatable bonds is 62. The minimum Gasteiger partial charge on any atom is -0.756 e. The summed E-state index contributed by atoms with van der Waals surface area (Å²) in [7, 11) is 1.21. The van der Waals surface area contributed by atoms with Crippen molar-refractivity contribution < 1.29 is 32.9 Å². The van der Waals surface area contributed by atoms with Gasteiger partial charge in [0.25, 0.3) is 7.82 Å². The standard InChI is InChI=1S/C75H131N2O6P/c1-6-8-10-12-14-16-18-20-22-24-26-28-30-32-34-36-38-40-42-44-46-48-50-52-54-56-58-60-62-64-66-68-74(78)73(72-83-84(80,81)82-71-70-77(3,4)5)76-75(79)69-67-65-63-61-59-57-55-53-51-49-47-45-43-41-39-37-35-33-31-29-27-25-23-21-19-17-15-13-11-9-7-2/h9,11,15,17,21,23,27,29,33,35,39,41,45,47,50-53,58,60,66,68,73-74,78H,6-8,10,12-14,16,18-20,22,24-26,28,30-32,34,36-38,40,42-44,46,48-49,54-57,59,61-65,67,69-72H2,1-5H3,(H-,76,79,80,81)/b11-9-,17-15-,23-21-,29-27-,35-33-,41-39-,47-45-,52-50+,53-51-,60-58+,68-66+. The predicted molar refractivity (Wildman–Crippen MR) is 366 cm³/mol. The zero-order chi connectivity index (χ0) is 61.2. The fraction of sp³-hybridized carbons (Fsp3) is 0.693. The van der Waals surface area contributed by atoms with Gasteiger partial charge >= 0.3 is 0 Å². The number of hydrogen-bond donors (Lipinski definition) is 2. The lowest BCUT2D eigenvalue weighted by molar-refractivity contribution is -0.870. The molecule has 0 radical (unpaired) electrons. The summed E-state index contributed by atoms with van der Waals surface area (Å²) in [6.45, 7) is 4.50. The lowest BCUT2D eigenvalue weighted by Crippen LogP contribution is -2.45. The summed E-state index contributed by atoms with van der Waals surface area (Å²) in [6.07, 6.45) is 97.2. The van der Waals surface area contributed by atoms with Gasteiger partial charge in [-0.1, -0.05) is 302 Å². The number of likely N-dealkylation sites (N-methyl/N-ethyl adjacent to an activating group) is 1. The van der Waals surface area contributed by atoms with Crippen LogP contribution in [0.1, 0.15) is 284 Å². The van der Waals surface area contributed by atoms with Crippen molar-refractivity contribution in [3.8, 4) is 0 Å². The number of phosphoric acid groups is 1. The van der Waals surface area contributed by atoms with E-state index in [0.717, 1.165) is 122 Å². The van der Waals surface area contributed by atoms with Crippen molar-refractivity contribution >= 4 is 13.7 Å². The van der Waals surface area contributed by atoms with E-state index in [0.29, 0.717) is 17.4 Å². The summed E-state index contributed by atoms with van der Waals surface area (Å²) in [6, 6.07) is -0.931. The van der Waals surface area contributed by atoms with Gasteiger partial charge in [0.05, 0.1) is 39.9 Å². The van der Waals surface area contributed by atoms with Gasteiger partial charge in [0.2, 0.25) is 5.91 Å². The third-order valence-electron chi connectivity index (χ3n) is 14.8. The first-order chi connectivity index (χ1) is 41.0. The Kier molecular flexibility index (Phi) is 61.6. The molecule has 0 saturated heterocycles. The van der Waals surface area contributed by atoms with E-state index in [9.17, 15) is 19.4 Å². The Balaban J connectivity index is 4.24. The van der Waals surface area contributed by atoms with Crippen LogP contribution in [0.25, 0.3) is 0 Å². The highest BCUT2D eigenvalue weighted by molar-refractivity contribution is 7.45. The van der Waals surface area contributed by atoms with Crippen LogP contribution in [0, 0.1) is 0 Å². The monoisotopic (exact) mass is 1190 g/mol. The second kappa shape index (κ2) is 64.1. The topological polar surface area (TPSA) is 108 Å². The van der Waals surface area contributed by atoms with Crippen molar-refractivity contribution in [3.63, 3.8) is 0 Å². The van der Waals surface area contributed by atoms with Crippen LogP contribution >= 0.6 is 7.82 Å². The third-order valence-corrected chi connectivity index (χ3v) is 15.8. The molecule has 8 nitrogen and oxygen atoms in total. The zero-order valence-corrected chi connectivity index (χ0v) is 56.0. The normalized spacial score (nSPS) is 14.5. The number of nitrogens with zero attached hydrogens (tertiary/aromatic N) is 1. The molecule has 2 N–H and O–H groups in total. The summed E-state index contributed by atoms with van der Waals surface area (Å²) >= 11 is 0. The van der Waals surface area contributed by atoms with E-state index in [1.807, 2.05) is 27.2 Å². The van der Waals surface area contributed by atoms with Crippen LogP contribution in [0.4, 0.5) is 0 Å². The maximum atomic E-state index is 13.0. The average molecular weight is 1190 g/mol. The van der Waals surface area contributed by atoms with E-state index in [1.54, 1.807) is 6.08 Å². The smallest absolute Gasteiger partial charge is 0.268 e. The van der Waals surface area contributed by atoms with Gasteiger partial charge in [0, 0.05) is 6.42 Å². The summed E-state index contributed by atoms with van der Waals surface area (Å²) in [4.78, 5) is 25.6. The van der Waals surface area contributed by atoms with Crippen molar-refractivity contribution in [2.24, 2.45) is 0 Å². The van der Waals surface area contributed by atoms with Gasteiger partial charge in [-0.3, -0.25) is 9.36 Å². The second-order valence-corrected chi connectivity index (χ2v) is 25.5. The number of carbonyl (C=O) groups is 1. The van der Waals surface area contributed by atoms with Crippen molar-refractivity contribution in [2.75, 3.05) is 40.9 Å². The van der Waals surface area contributed by atoms with Crippen LogP contribution < -0.4 is 10.2 Å². The molecule has 0 bridgehead atoms. The summed E-state index contributed by atoms with van der Waals surface area (Å²) < 4.78 is 23.4. The molecule has 0 aliphatic heterocycles. The number of nitrogens with one attached hydrogen (secondary N) is 1. The predicted octanol–water partition coefficient (Wildman–Crippen LogP) is 21.6. The molecule has 0 aliphatic rings. The quantitative estimate of drug-likeness (QED) is 0.0272. The number of phosphoric ester groups is 1. The SMILES string of the molecule is CC/C=C\C/C=C\C/C=C\C/C=C\C/C=C\C/C=C\C/C=C\C/C=C\CCCCCCCCC(=O)NC(COP(=O)([O-])OCC[N+](C)(C)C)C(O)/C=C/CC/C=C/CC/C=C/CCCCCCCCCCCCCCCCCCCCCCC. The second-order valence-electron chi connectivity index (χ2n) is 24.1. The Morgan fingerprint density at radius 3 is 1.11 bits per heavy atom. The molecule has 84 heavy (non-hydrogen) atoms. The van der Waals surface area contributed by atoms with Crippen LogP contribution in [0.2, 0.25) is 0 Å². The molecule has 1 amide bonds. The van der Waals surface area contributed by atoms with Crippen LogP contribution in [0.5, 0.6) is 0 Å². The number of carbonyl (C=O) groups excluding carboxylic acids is 1. The first kappa shape index (κ1) is 80.6. The van der Waals surface area contributed by atoms with Gasteiger partial charge in [-0.15, -0.1) is 0 Å². The van der Waals surface area contributed by atoms with Gasteiger partial charge in [-0.25, -0.2) is 0 Å². The number of quaternary nitrogens is 1. The molecular formula is C75H131N2O6P. The summed E-state index contributed by atoms with van der Waals surface area (Å²) in [5, 5.41) is 13.9. The Hall–Kier alpha value is -3.36. The molecule has 0 heterocycles. The molecule has 3 unspecified atom stereocenters. The third kappa shape index (κ3) is 66.2. The molecule has 0 aromatic heterocycles. The van der Waals surface area contributed by atoms with Gasteiger partial charge in [0.1, 0.15) is 13.2 Å². The number of aliphatic hydroxyl groups is 1. The van der Waals surface area contributed by atoms with E-state index in [1.165, 1.54) is 141 Å². The lowest BCUT2D eigenvalue weighted by Gasteiger charge is -2.29. The van der Waals surface area contributed by atoms with Crippen molar-refractivity contribution in [2.45, 2.75) is 296 Å². The van der Waals surface area contributed by atoms with Crippen LogP contribution in [0.3, 0.4) is 0 Å². The number of unbranched alkanes of at least 4 members (excludes halogenated alkanes) is 29. The minimum absolute atomic E-state index is 0.0195. The highest BCUT2D eigenvalue weighted by Crippen LogP contribution is 2.38. The van der Waals surface area contributed by atoms with E-state index < -0.39 is 26.6 Å². The molecule has 0 aromatic carbocycles. The number of amides is 1. The van der Waals surface area contributed by atoms with E-state index >= 15 is 0 Å².